The van der Waals surface area contributed by atoms with E-state index in [0.717, 1.165) is 20.8 Å². The summed E-state index contributed by atoms with van der Waals surface area (Å²) in [5.41, 5.74) is 2.51. The highest BCUT2D eigenvalue weighted by Crippen LogP contribution is 2.35. The van der Waals surface area contributed by atoms with Crippen LogP contribution in [0.4, 0.5) is 10.1 Å². The van der Waals surface area contributed by atoms with Crippen molar-refractivity contribution in [2.45, 2.75) is 0 Å². The normalized spacial score (nSPS) is 10.8. The molecule has 0 aliphatic carbocycles. The summed E-state index contributed by atoms with van der Waals surface area (Å²) in [6.45, 7) is 0. The third kappa shape index (κ3) is 3.31. The number of aromatic nitrogens is 1. The molecule has 4 rings (SSSR count). The van der Waals surface area contributed by atoms with Crippen molar-refractivity contribution in [1.29, 1.82) is 0 Å². The molecular weight excluding hydrogens is 371 g/mol. The number of carbonyl (C=O) groups is 1. The van der Waals surface area contributed by atoms with Gasteiger partial charge in [-0.15, -0.1) is 11.3 Å². The van der Waals surface area contributed by atoms with Crippen LogP contribution in [0.15, 0.2) is 66.7 Å². The van der Waals surface area contributed by atoms with Crippen molar-refractivity contribution in [3.63, 3.8) is 0 Å². The number of carbonyl (C=O) groups excluding carboxylic acids is 1. The zero-order chi connectivity index (χ0) is 18.1. The average Bonchev–Trinajstić information content (AvgIpc) is 3.05. The number of fused-ring (bicyclic) bond motifs is 1. The van der Waals surface area contributed by atoms with E-state index >= 15 is 0 Å². The van der Waals surface area contributed by atoms with Gasteiger partial charge >= 0.3 is 0 Å². The molecule has 0 saturated carbocycles. The molecular formula is C20H12ClFN2OS. The van der Waals surface area contributed by atoms with Crippen molar-refractivity contribution >= 4 is 44.7 Å². The van der Waals surface area contributed by atoms with Gasteiger partial charge in [0.05, 0.1) is 15.2 Å². The van der Waals surface area contributed by atoms with Gasteiger partial charge < -0.3 is 5.32 Å². The molecule has 6 heteroatoms. The largest absolute Gasteiger partial charge is 0.322 e. The van der Waals surface area contributed by atoms with Crippen molar-refractivity contribution in [2.75, 3.05) is 5.32 Å². The fraction of sp³-hybridized carbons (Fsp3) is 0. The van der Waals surface area contributed by atoms with Gasteiger partial charge in [0, 0.05) is 16.8 Å². The molecule has 1 heterocycles. The van der Waals surface area contributed by atoms with Crippen LogP contribution in [0.3, 0.4) is 0 Å². The summed E-state index contributed by atoms with van der Waals surface area (Å²) in [4.78, 5) is 16.8. The first-order valence-corrected chi connectivity index (χ1v) is 9.02. The molecule has 0 fully saturated rings. The van der Waals surface area contributed by atoms with E-state index in [1.54, 1.807) is 29.5 Å². The maximum atomic E-state index is 13.3. The molecule has 0 saturated heterocycles. The quantitative estimate of drug-likeness (QED) is 0.471. The first-order chi connectivity index (χ1) is 12.6. The topological polar surface area (TPSA) is 42.0 Å². The van der Waals surface area contributed by atoms with Gasteiger partial charge in [-0.25, -0.2) is 9.37 Å². The monoisotopic (exact) mass is 382 g/mol. The van der Waals surface area contributed by atoms with E-state index < -0.39 is 11.7 Å². The number of nitrogens with zero attached hydrogens (tertiary/aromatic N) is 1. The van der Waals surface area contributed by atoms with Crippen LogP contribution in [-0.4, -0.2) is 10.9 Å². The van der Waals surface area contributed by atoms with Crippen molar-refractivity contribution in [3.8, 4) is 10.6 Å². The number of benzene rings is 3. The van der Waals surface area contributed by atoms with Crippen LogP contribution in [0, 0.1) is 5.82 Å². The minimum absolute atomic E-state index is 0.247. The molecule has 0 spiro atoms. The lowest BCUT2D eigenvalue weighted by molar-refractivity contribution is 0.102. The Morgan fingerprint density at radius 1 is 1.04 bits per heavy atom. The maximum Gasteiger partial charge on any atom is 0.255 e. The third-order valence-corrected chi connectivity index (χ3v) is 5.22. The van der Waals surface area contributed by atoms with Gasteiger partial charge in [0.15, 0.2) is 0 Å². The molecule has 3 aromatic carbocycles. The summed E-state index contributed by atoms with van der Waals surface area (Å²) in [6.07, 6.45) is 0. The third-order valence-electron chi connectivity index (χ3n) is 3.84. The molecule has 0 aliphatic heterocycles. The molecule has 26 heavy (non-hydrogen) atoms. The number of anilines is 1. The number of nitrogens with one attached hydrogen (secondary N) is 1. The number of thiazole rings is 1. The van der Waals surface area contributed by atoms with Gasteiger partial charge in [0.2, 0.25) is 0 Å². The van der Waals surface area contributed by atoms with Crippen molar-refractivity contribution in [3.05, 3.63) is 83.1 Å². The summed E-state index contributed by atoms with van der Waals surface area (Å²) in [7, 11) is 0. The highest BCUT2D eigenvalue weighted by Gasteiger charge is 2.12. The summed E-state index contributed by atoms with van der Waals surface area (Å²) < 4.78 is 14.3. The summed E-state index contributed by atoms with van der Waals surface area (Å²) >= 11 is 7.96. The molecule has 0 atom stereocenters. The SMILES string of the molecule is O=C(Nc1ccc(-c2nc3ccccc3s2)c(Cl)c1)c1cccc(F)c1. The van der Waals surface area contributed by atoms with Crippen LogP contribution in [0.2, 0.25) is 5.02 Å². The second kappa shape index (κ2) is 6.86. The Balaban J connectivity index is 1.60. The lowest BCUT2D eigenvalue weighted by Gasteiger charge is -2.08. The van der Waals surface area contributed by atoms with Gasteiger partial charge in [-0.1, -0.05) is 29.8 Å². The first kappa shape index (κ1) is 16.7. The van der Waals surface area contributed by atoms with Crippen LogP contribution in [0.1, 0.15) is 10.4 Å². The molecule has 0 radical (unpaired) electrons. The van der Waals surface area contributed by atoms with Crippen LogP contribution in [0.25, 0.3) is 20.8 Å². The minimum Gasteiger partial charge on any atom is -0.322 e. The highest BCUT2D eigenvalue weighted by molar-refractivity contribution is 7.21. The second-order valence-corrected chi connectivity index (χ2v) is 7.08. The average molecular weight is 383 g/mol. The Morgan fingerprint density at radius 2 is 1.88 bits per heavy atom. The van der Waals surface area contributed by atoms with E-state index in [4.69, 9.17) is 11.6 Å². The fourth-order valence-corrected chi connectivity index (χ4v) is 3.92. The zero-order valence-corrected chi connectivity index (χ0v) is 14.9. The smallest absolute Gasteiger partial charge is 0.255 e. The molecule has 3 nitrogen and oxygen atoms in total. The molecule has 1 aromatic heterocycles. The predicted molar refractivity (Wildman–Crippen MR) is 104 cm³/mol. The van der Waals surface area contributed by atoms with Gasteiger partial charge in [0.1, 0.15) is 10.8 Å². The Kier molecular flexibility index (Phi) is 4.41. The number of rotatable bonds is 3. The molecule has 128 valence electrons. The van der Waals surface area contributed by atoms with Gasteiger partial charge in [0.25, 0.3) is 5.91 Å². The Morgan fingerprint density at radius 3 is 2.65 bits per heavy atom. The van der Waals surface area contributed by atoms with E-state index in [2.05, 4.69) is 10.3 Å². The predicted octanol–water partition coefficient (Wildman–Crippen LogP) is 6.01. The van der Waals surface area contributed by atoms with Crippen molar-refractivity contribution < 1.29 is 9.18 Å². The number of hydrogen-bond donors (Lipinski definition) is 1. The summed E-state index contributed by atoms with van der Waals surface area (Å²) in [5.74, 6) is -0.852. The van der Waals surface area contributed by atoms with E-state index in [1.807, 2.05) is 30.3 Å². The minimum atomic E-state index is -0.457. The molecule has 1 amide bonds. The number of amides is 1. The number of para-hydroxylation sites is 1. The van der Waals surface area contributed by atoms with Crippen LogP contribution in [-0.2, 0) is 0 Å². The Hall–Kier alpha value is -2.76. The molecule has 0 bridgehead atoms. The fourth-order valence-electron chi connectivity index (χ4n) is 2.59. The van der Waals surface area contributed by atoms with E-state index in [9.17, 15) is 9.18 Å². The van der Waals surface area contributed by atoms with E-state index in [0.29, 0.717) is 10.7 Å². The van der Waals surface area contributed by atoms with Crippen molar-refractivity contribution in [2.24, 2.45) is 0 Å². The lowest BCUT2D eigenvalue weighted by Crippen LogP contribution is -2.12. The number of hydrogen-bond acceptors (Lipinski definition) is 3. The summed E-state index contributed by atoms with van der Waals surface area (Å²) in [5, 5.41) is 4.03. The molecule has 4 aromatic rings. The zero-order valence-electron chi connectivity index (χ0n) is 13.4. The highest BCUT2D eigenvalue weighted by atomic mass is 35.5. The van der Waals surface area contributed by atoms with Crippen LogP contribution in [0.5, 0.6) is 0 Å². The molecule has 0 aliphatic rings. The standard InChI is InChI=1S/C20H12ClFN2OS/c21-16-11-14(23-19(25)12-4-3-5-13(22)10-12)8-9-15(16)20-24-17-6-1-2-7-18(17)26-20/h1-11H,(H,23,25). The van der Waals surface area contributed by atoms with Gasteiger partial charge in [-0.2, -0.15) is 0 Å². The van der Waals surface area contributed by atoms with Gasteiger partial charge in [-0.05, 0) is 48.5 Å². The maximum absolute atomic E-state index is 13.3. The molecule has 0 unspecified atom stereocenters. The summed E-state index contributed by atoms with van der Waals surface area (Å²) in [6, 6.07) is 18.6. The first-order valence-electron chi connectivity index (χ1n) is 7.82. The molecule has 1 N–H and O–H groups in total. The number of halogens is 2. The van der Waals surface area contributed by atoms with Crippen molar-refractivity contribution in [1.82, 2.24) is 4.98 Å². The van der Waals surface area contributed by atoms with Crippen LogP contribution < -0.4 is 5.32 Å². The van der Waals surface area contributed by atoms with E-state index in [1.165, 1.54) is 18.2 Å². The Labute approximate surface area is 158 Å². The van der Waals surface area contributed by atoms with E-state index in [-0.39, 0.29) is 5.56 Å². The van der Waals surface area contributed by atoms with Crippen LogP contribution >= 0.6 is 22.9 Å². The Bertz CT molecular complexity index is 1090. The lowest BCUT2D eigenvalue weighted by atomic mass is 10.2. The van der Waals surface area contributed by atoms with Gasteiger partial charge in [-0.3, -0.25) is 4.79 Å². The second-order valence-electron chi connectivity index (χ2n) is 5.65.